The molecule has 0 aliphatic carbocycles. The monoisotopic (exact) mass is 310 g/mol. The van der Waals surface area contributed by atoms with E-state index in [1.807, 2.05) is 13.8 Å². The van der Waals surface area contributed by atoms with Gasteiger partial charge in [-0.2, -0.15) is 0 Å². The Morgan fingerprint density at radius 1 is 0.909 bits per heavy atom. The van der Waals surface area contributed by atoms with E-state index in [4.69, 9.17) is 19.3 Å². The standard InChI is InChI=1S/C16H22O6/c1-4-20-13-9-7-11(12(17)8-10-14(18)19)15(21-5-2)16(13)22-6-3/h7,9H,4-6,8,10H2,1-3H3,(H,18,19). The Labute approximate surface area is 130 Å². The molecule has 6 nitrogen and oxygen atoms in total. The van der Waals surface area contributed by atoms with E-state index < -0.39 is 5.97 Å². The largest absolute Gasteiger partial charge is 0.490 e. The summed E-state index contributed by atoms with van der Waals surface area (Å²) >= 11 is 0. The minimum absolute atomic E-state index is 0.0883. The highest BCUT2D eigenvalue weighted by molar-refractivity contribution is 6.01. The molecule has 0 aliphatic heterocycles. The zero-order valence-electron chi connectivity index (χ0n) is 13.2. The number of carbonyl (C=O) groups excluding carboxylic acids is 1. The van der Waals surface area contributed by atoms with Crippen LogP contribution < -0.4 is 14.2 Å². The van der Waals surface area contributed by atoms with Gasteiger partial charge in [-0.25, -0.2) is 0 Å². The number of rotatable bonds is 10. The summed E-state index contributed by atoms with van der Waals surface area (Å²) in [5.41, 5.74) is 0.315. The van der Waals surface area contributed by atoms with E-state index in [0.717, 1.165) is 0 Å². The second kappa shape index (κ2) is 8.92. The first kappa shape index (κ1) is 17.8. The van der Waals surface area contributed by atoms with E-state index >= 15 is 0 Å². The molecule has 22 heavy (non-hydrogen) atoms. The van der Waals surface area contributed by atoms with Gasteiger partial charge >= 0.3 is 5.97 Å². The molecule has 0 heterocycles. The van der Waals surface area contributed by atoms with Crippen molar-refractivity contribution in [1.82, 2.24) is 0 Å². The highest BCUT2D eigenvalue weighted by Gasteiger charge is 2.22. The predicted molar refractivity (Wildman–Crippen MR) is 81.1 cm³/mol. The first-order chi connectivity index (χ1) is 10.5. The number of hydrogen-bond acceptors (Lipinski definition) is 5. The number of carbonyl (C=O) groups is 2. The third-order valence-electron chi connectivity index (χ3n) is 2.82. The van der Waals surface area contributed by atoms with Crippen molar-refractivity contribution in [2.45, 2.75) is 33.6 Å². The van der Waals surface area contributed by atoms with Crippen LogP contribution in [0.5, 0.6) is 17.2 Å². The molecule has 0 amide bonds. The zero-order chi connectivity index (χ0) is 16.5. The Kier molecular flexibility index (Phi) is 7.22. The van der Waals surface area contributed by atoms with Gasteiger partial charge in [-0.05, 0) is 32.9 Å². The molecule has 0 saturated heterocycles. The topological polar surface area (TPSA) is 82.1 Å². The maximum absolute atomic E-state index is 12.2. The minimum atomic E-state index is -1.01. The number of carboxylic acid groups (broad SMARTS) is 1. The second-order valence-corrected chi connectivity index (χ2v) is 4.39. The third kappa shape index (κ3) is 4.65. The summed E-state index contributed by atoms with van der Waals surface area (Å²) in [6.45, 7) is 6.68. The summed E-state index contributed by atoms with van der Waals surface area (Å²) in [5, 5.41) is 8.71. The van der Waals surface area contributed by atoms with Crippen LogP contribution in [0.4, 0.5) is 0 Å². The summed E-state index contributed by atoms with van der Waals surface area (Å²) in [4.78, 5) is 22.9. The molecule has 0 radical (unpaired) electrons. The molecule has 0 atom stereocenters. The molecule has 0 spiro atoms. The molecule has 1 N–H and O–H groups in total. The van der Waals surface area contributed by atoms with Gasteiger partial charge in [0, 0.05) is 6.42 Å². The number of ketones is 1. The van der Waals surface area contributed by atoms with Crippen molar-refractivity contribution in [3.05, 3.63) is 17.7 Å². The van der Waals surface area contributed by atoms with E-state index in [-0.39, 0.29) is 18.6 Å². The number of carboxylic acids is 1. The van der Waals surface area contributed by atoms with Crippen molar-refractivity contribution >= 4 is 11.8 Å². The van der Waals surface area contributed by atoms with Gasteiger partial charge in [-0.3, -0.25) is 9.59 Å². The number of ether oxygens (including phenoxy) is 3. The van der Waals surface area contributed by atoms with Gasteiger partial charge in [-0.1, -0.05) is 0 Å². The quantitative estimate of drug-likeness (QED) is 0.669. The fraction of sp³-hybridized carbons (Fsp3) is 0.500. The Balaban J connectivity index is 3.22. The molecule has 0 aliphatic rings. The van der Waals surface area contributed by atoms with Crippen molar-refractivity contribution < 1.29 is 28.9 Å². The van der Waals surface area contributed by atoms with Gasteiger partial charge in [0.05, 0.1) is 31.8 Å². The highest BCUT2D eigenvalue weighted by Crippen LogP contribution is 2.41. The van der Waals surface area contributed by atoms with Crippen LogP contribution in [0.1, 0.15) is 44.0 Å². The maximum atomic E-state index is 12.2. The van der Waals surface area contributed by atoms with Crippen LogP contribution in [0.25, 0.3) is 0 Å². The summed E-state index contributed by atoms with van der Waals surface area (Å²) in [7, 11) is 0. The fourth-order valence-electron chi connectivity index (χ4n) is 1.96. The maximum Gasteiger partial charge on any atom is 0.303 e. The number of aliphatic carboxylic acids is 1. The van der Waals surface area contributed by atoms with E-state index in [1.165, 1.54) is 0 Å². The summed E-state index contributed by atoms with van der Waals surface area (Å²) in [5.74, 6) is -0.113. The summed E-state index contributed by atoms with van der Waals surface area (Å²) < 4.78 is 16.6. The molecule has 0 unspecified atom stereocenters. The minimum Gasteiger partial charge on any atom is -0.490 e. The van der Waals surface area contributed by atoms with Gasteiger partial charge < -0.3 is 19.3 Å². The fourth-order valence-corrected chi connectivity index (χ4v) is 1.96. The van der Waals surface area contributed by atoms with Crippen LogP contribution in [0.15, 0.2) is 12.1 Å². The predicted octanol–water partition coefficient (Wildman–Crippen LogP) is 2.93. The van der Waals surface area contributed by atoms with Crippen LogP contribution in [-0.2, 0) is 4.79 Å². The van der Waals surface area contributed by atoms with Crippen molar-refractivity contribution in [1.29, 1.82) is 0 Å². The first-order valence-corrected chi connectivity index (χ1v) is 7.35. The lowest BCUT2D eigenvalue weighted by atomic mass is 10.0. The summed E-state index contributed by atoms with van der Waals surface area (Å²) in [6, 6.07) is 3.23. The molecule has 0 saturated carbocycles. The Bertz CT molecular complexity index is 524. The SMILES string of the molecule is CCOc1ccc(C(=O)CCC(=O)O)c(OCC)c1OCC. The number of benzene rings is 1. The van der Waals surface area contributed by atoms with Crippen LogP contribution in [0.2, 0.25) is 0 Å². The van der Waals surface area contributed by atoms with Crippen LogP contribution in [0.3, 0.4) is 0 Å². The molecule has 1 aromatic carbocycles. The molecular weight excluding hydrogens is 288 g/mol. The van der Waals surface area contributed by atoms with Gasteiger partial charge in [0.1, 0.15) is 0 Å². The van der Waals surface area contributed by atoms with E-state index in [9.17, 15) is 9.59 Å². The zero-order valence-corrected chi connectivity index (χ0v) is 13.2. The van der Waals surface area contributed by atoms with Crippen LogP contribution in [0, 0.1) is 0 Å². The molecule has 0 bridgehead atoms. The average molecular weight is 310 g/mol. The van der Waals surface area contributed by atoms with Crippen molar-refractivity contribution in [2.75, 3.05) is 19.8 Å². The van der Waals surface area contributed by atoms with Gasteiger partial charge in [0.15, 0.2) is 17.3 Å². The smallest absolute Gasteiger partial charge is 0.303 e. The van der Waals surface area contributed by atoms with Crippen molar-refractivity contribution in [3.63, 3.8) is 0 Å². The molecule has 0 fully saturated rings. The molecule has 1 aromatic rings. The molecule has 122 valence electrons. The number of Topliss-reactive ketones (excluding diaryl/α,β-unsaturated/α-hetero) is 1. The van der Waals surface area contributed by atoms with Gasteiger partial charge in [0.2, 0.25) is 5.75 Å². The second-order valence-electron chi connectivity index (χ2n) is 4.39. The van der Waals surface area contributed by atoms with Crippen LogP contribution in [-0.4, -0.2) is 36.7 Å². The van der Waals surface area contributed by atoms with Gasteiger partial charge in [0.25, 0.3) is 0 Å². The van der Waals surface area contributed by atoms with Crippen LogP contribution >= 0.6 is 0 Å². The highest BCUT2D eigenvalue weighted by atomic mass is 16.5. The average Bonchev–Trinajstić information content (AvgIpc) is 2.48. The Morgan fingerprint density at radius 3 is 2.05 bits per heavy atom. The van der Waals surface area contributed by atoms with E-state index in [2.05, 4.69) is 0 Å². The molecular formula is C16H22O6. The lowest BCUT2D eigenvalue weighted by Crippen LogP contribution is -2.09. The molecule has 6 heteroatoms. The summed E-state index contributed by atoms with van der Waals surface area (Å²) in [6.07, 6.45) is -0.309. The third-order valence-corrected chi connectivity index (χ3v) is 2.82. The molecule has 0 aromatic heterocycles. The lowest BCUT2D eigenvalue weighted by molar-refractivity contribution is -0.136. The van der Waals surface area contributed by atoms with Crippen molar-refractivity contribution in [2.24, 2.45) is 0 Å². The first-order valence-electron chi connectivity index (χ1n) is 7.35. The van der Waals surface area contributed by atoms with Crippen molar-refractivity contribution in [3.8, 4) is 17.2 Å². The van der Waals surface area contributed by atoms with E-state index in [1.54, 1.807) is 19.1 Å². The van der Waals surface area contributed by atoms with E-state index in [0.29, 0.717) is 42.6 Å². The van der Waals surface area contributed by atoms with Gasteiger partial charge in [-0.15, -0.1) is 0 Å². The lowest BCUT2D eigenvalue weighted by Gasteiger charge is -2.18. The Hall–Kier alpha value is -2.24. The Morgan fingerprint density at radius 2 is 1.50 bits per heavy atom. The normalized spacial score (nSPS) is 10.1. The number of hydrogen-bond donors (Lipinski definition) is 1. The molecule has 1 rings (SSSR count).